The van der Waals surface area contributed by atoms with Crippen LogP contribution in [0.5, 0.6) is 5.75 Å². The van der Waals surface area contributed by atoms with Crippen molar-refractivity contribution in [2.45, 2.75) is 20.3 Å². The summed E-state index contributed by atoms with van der Waals surface area (Å²) in [5.74, 6) is 1.16. The fourth-order valence-electron chi connectivity index (χ4n) is 1.08. The van der Waals surface area contributed by atoms with Gasteiger partial charge in [-0.05, 0) is 24.1 Å². The van der Waals surface area contributed by atoms with Crippen molar-refractivity contribution >= 4 is 22.2 Å². The van der Waals surface area contributed by atoms with E-state index < -0.39 is 0 Å². The van der Waals surface area contributed by atoms with Crippen molar-refractivity contribution in [2.24, 2.45) is 5.92 Å². The van der Waals surface area contributed by atoms with E-state index in [9.17, 15) is 4.79 Å². The lowest BCUT2D eigenvalue weighted by molar-refractivity contribution is 0.111. The van der Waals surface area contributed by atoms with Gasteiger partial charge in [-0.2, -0.15) is 0 Å². The van der Waals surface area contributed by atoms with Crippen LogP contribution in [0.4, 0.5) is 0 Å². The van der Waals surface area contributed by atoms with E-state index in [2.05, 4.69) is 29.8 Å². The number of hydrogen-bond acceptors (Lipinski definition) is 2. The van der Waals surface area contributed by atoms with Crippen molar-refractivity contribution in [2.75, 3.05) is 6.61 Å². The van der Waals surface area contributed by atoms with E-state index >= 15 is 0 Å². The molecule has 1 aromatic rings. The molecule has 82 valence electrons. The quantitative estimate of drug-likeness (QED) is 0.763. The minimum atomic E-state index is 0.503. The Balaban J connectivity index is 2.74. The average Bonchev–Trinajstić information content (AvgIpc) is 2.26. The fraction of sp³-hybridized carbons (Fsp3) is 0.417. The number of carbonyl (C=O) groups is 1. The zero-order chi connectivity index (χ0) is 11.3. The minimum absolute atomic E-state index is 0.503. The Bertz CT molecular complexity index is 336. The van der Waals surface area contributed by atoms with Crippen LogP contribution in [0.3, 0.4) is 0 Å². The Labute approximate surface area is 98.8 Å². The summed E-state index contributed by atoms with van der Waals surface area (Å²) in [7, 11) is 0. The maximum atomic E-state index is 10.8. The van der Waals surface area contributed by atoms with E-state index in [4.69, 9.17) is 4.74 Å². The van der Waals surface area contributed by atoms with Gasteiger partial charge in [0.2, 0.25) is 0 Å². The largest absolute Gasteiger partial charge is 0.493 e. The molecule has 3 heteroatoms. The third-order valence-corrected chi connectivity index (χ3v) is 2.82. The molecular weight excluding hydrogens is 256 g/mol. The fourth-order valence-corrected chi connectivity index (χ4v) is 1.42. The van der Waals surface area contributed by atoms with Gasteiger partial charge < -0.3 is 4.74 Å². The second-order valence-electron chi connectivity index (χ2n) is 3.62. The van der Waals surface area contributed by atoms with Crippen LogP contribution in [-0.2, 0) is 0 Å². The van der Waals surface area contributed by atoms with Crippen molar-refractivity contribution in [1.82, 2.24) is 0 Å². The number of halogens is 1. The Morgan fingerprint density at radius 1 is 1.53 bits per heavy atom. The Morgan fingerprint density at radius 2 is 2.27 bits per heavy atom. The predicted octanol–water partition coefficient (Wildman–Crippen LogP) is 3.69. The molecule has 1 atom stereocenters. The number of benzene rings is 1. The van der Waals surface area contributed by atoms with Crippen LogP contribution in [0.1, 0.15) is 30.6 Å². The van der Waals surface area contributed by atoms with Crippen LogP contribution in [0.2, 0.25) is 0 Å². The molecule has 0 saturated carbocycles. The topological polar surface area (TPSA) is 26.3 Å². The molecule has 0 aliphatic heterocycles. The average molecular weight is 271 g/mol. The zero-order valence-electron chi connectivity index (χ0n) is 9.00. The number of ether oxygens (including phenoxy) is 1. The highest BCUT2D eigenvalue weighted by atomic mass is 79.9. The van der Waals surface area contributed by atoms with Crippen LogP contribution < -0.4 is 4.74 Å². The van der Waals surface area contributed by atoms with Gasteiger partial charge >= 0.3 is 0 Å². The molecule has 1 rings (SSSR count). The lowest BCUT2D eigenvalue weighted by Gasteiger charge is -2.12. The Kier molecular flexibility index (Phi) is 4.82. The summed E-state index contributed by atoms with van der Waals surface area (Å²) in [5, 5.41) is 0. The summed E-state index contributed by atoms with van der Waals surface area (Å²) in [6.07, 6.45) is 1.89. The molecule has 0 aliphatic carbocycles. The SMILES string of the molecule is CC[C@H](C)COc1cc(Br)ccc1C=O. The van der Waals surface area contributed by atoms with Gasteiger partial charge in [0.1, 0.15) is 5.75 Å². The maximum absolute atomic E-state index is 10.8. The van der Waals surface area contributed by atoms with Gasteiger partial charge in [-0.15, -0.1) is 0 Å². The lowest BCUT2D eigenvalue weighted by Crippen LogP contribution is -2.08. The highest BCUT2D eigenvalue weighted by Crippen LogP contribution is 2.23. The molecule has 0 spiro atoms. The van der Waals surface area contributed by atoms with E-state index in [-0.39, 0.29) is 0 Å². The molecule has 0 bridgehead atoms. The molecule has 0 unspecified atom stereocenters. The van der Waals surface area contributed by atoms with Gasteiger partial charge in [-0.1, -0.05) is 36.2 Å². The minimum Gasteiger partial charge on any atom is -0.493 e. The lowest BCUT2D eigenvalue weighted by atomic mass is 10.1. The van der Waals surface area contributed by atoms with Gasteiger partial charge in [-0.3, -0.25) is 4.79 Å². The van der Waals surface area contributed by atoms with E-state index in [0.29, 0.717) is 23.8 Å². The third kappa shape index (κ3) is 3.67. The van der Waals surface area contributed by atoms with Gasteiger partial charge in [0.05, 0.1) is 12.2 Å². The van der Waals surface area contributed by atoms with E-state index in [1.165, 1.54) is 0 Å². The molecule has 0 aromatic heterocycles. The standard InChI is InChI=1S/C12H15BrO2/c1-3-9(2)8-15-12-6-11(13)5-4-10(12)7-14/h4-7,9H,3,8H2,1-2H3/t9-/m0/s1. The molecule has 1 aromatic carbocycles. The van der Waals surface area contributed by atoms with Crippen LogP contribution in [0.15, 0.2) is 22.7 Å². The molecule has 0 saturated heterocycles. The first-order valence-electron chi connectivity index (χ1n) is 5.05. The van der Waals surface area contributed by atoms with Crippen LogP contribution in [0.25, 0.3) is 0 Å². The first-order chi connectivity index (χ1) is 7.17. The van der Waals surface area contributed by atoms with Crippen LogP contribution in [0, 0.1) is 5.92 Å². The molecule has 0 radical (unpaired) electrons. The molecule has 15 heavy (non-hydrogen) atoms. The van der Waals surface area contributed by atoms with Crippen LogP contribution >= 0.6 is 15.9 Å². The second kappa shape index (κ2) is 5.91. The van der Waals surface area contributed by atoms with Gasteiger partial charge in [-0.25, -0.2) is 0 Å². The second-order valence-corrected chi connectivity index (χ2v) is 4.54. The summed E-state index contributed by atoms with van der Waals surface area (Å²) < 4.78 is 6.52. The highest BCUT2D eigenvalue weighted by Gasteiger charge is 2.05. The van der Waals surface area contributed by atoms with Crippen molar-refractivity contribution in [3.8, 4) is 5.75 Å². The number of rotatable bonds is 5. The van der Waals surface area contributed by atoms with Gasteiger partial charge in [0.15, 0.2) is 6.29 Å². The summed E-state index contributed by atoms with van der Waals surface area (Å²) in [6, 6.07) is 5.41. The van der Waals surface area contributed by atoms with E-state index in [1.54, 1.807) is 6.07 Å². The van der Waals surface area contributed by atoms with E-state index in [0.717, 1.165) is 17.2 Å². The molecular formula is C12H15BrO2. The molecule has 2 nitrogen and oxygen atoms in total. The first kappa shape index (κ1) is 12.2. The molecule has 0 amide bonds. The molecule has 0 fully saturated rings. The normalized spacial score (nSPS) is 12.2. The number of carbonyl (C=O) groups excluding carboxylic acids is 1. The van der Waals surface area contributed by atoms with Crippen LogP contribution in [-0.4, -0.2) is 12.9 Å². The first-order valence-corrected chi connectivity index (χ1v) is 5.84. The Hall–Kier alpha value is -0.830. The number of aldehydes is 1. The van der Waals surface area contributed by atoms with Crippen molar-refractivity contribution in [3.05, 3.63) is 28.2 Å². The van der Waals surface area contributed by atoms with Gasteiger partial charge in [0.25, 0.3) is 0 Å². The summed E-state index contributed by atoms with van der Waals surface area (Å²) in [4.78, 5) is 10.8. The monoisotopic (exact) mass is 270 g/mol. The zero-order valence-corrected chi connectivity index (χ0v) is 10.6. The predicted molar refractivity (Wildman–Crippen MR) is 64.5 cm³/mol. The van der Waals surface area contributed by atoms with Crippen molar-refractivity contribution < 1.29 is 9.53 Å². The van der Waals surface area contributed by atoms with Crippen molar-refractivity contribution in [3.63, 3.8) is 0 Å². The summed E-state index contributed by atoms with van der Waals surface area (Å²) in [6.45, 7) is 4.89. The molecule has 0 heterocycles. The third-order valence-electron chi connectivity index (χ3n) is 2.32. The summed E-state index contributed by atoms with van der Waals surface area (Å²) in [5.41, 5.74) is 0.599. The maximum Gasteiger partial charge on any atom is 0.153 e. The van der Waals surface area contributed by atoms with Gasteiger partial charge in [0, 0.05) is 4.47 Å². The summed E-state index contributed by atoms with van der Waals surface area (Å²) >= 11 is 3.35. The molecule has 0 N–H and O–H groups in total. The Morgan fingerprint density at radius 3 is 2.87 bits per heavy atom. The smallest absolute Gasteiger partial charge is 0.153 e. The van der Waals surface area contributed by atoms with Crippen molar-refractivity contribution in [1.29, 1.82) is 0 Å². The number of hydrogen-bond donors (Lipinski definition) is 0. The highest BCUT2D eigenvalue weighted by molar-refractivity contribution is 9.10. The molecule has 0 aliphatic rings. The van der Waals surface area contributed by atoms with E-state index in [1.807, 2.05) is 12.1 Å².